The molecule has 3 heterocycles. The summed E-state index contributed by atoms with van der Waals surface area (Å²) in [5.41, 5.74) is 1.54. The first-order valence-electron chi connectivity index (χ1n) is 7.42. The van der Waals surface area contributed by atoms with Crippen molar-refractivity contribution in [3.8, 4) is 23.0 Å². The van der Waals surface area contributed by atoms with Gasteiger partial charge >= 0.3 is 0 Å². The summed E-state index contributed by atoms with van der Waals surface area (Å²) in [4.78, 5) is 4.40. The number of nitrogens with zero attached hydrogens (tertiary/aromatic N) is 5. The van der Waals surface area contributed by atoms with Gasteiger partial charge in [-0.2, -0.15) is 4.98 Å². The molecule has 4 rings (SSSR count). The van der Waals surface area contributed by atoms with E-state index in [0.717, 1.165) is 31.5 Å². The van der Waals surface area contributed by atoms with Crippen molar-refractivity contribution in [3.05, 3.63) is 36.5 Å². The van der Waals surface area contributed by atoms with Crippen LogP contribution in [0.1, 0.15) is 18.9 Å². The van der Waals surface area contributed by atoms with Gasteiger partial charge in [-0.05, 0) is 38.1 Å². The van der Waals surface area contributed by atoms with Crippen LogP contribution in [0.3, 0.4) is 0 Å². The second-order valence-corrected chi connectivity index (χ2v) is 5.35. The number of aromatic nitrogens is 5. The highest BCUT2D eigenvalue weighted by molar-refractivity contribution is 5.56. The summed E-state index contributed by atoms with van der Waals surface area (Å²) in [6.07, 6.45) is 4.02. The third-order valence-corrected chi connectivity index (χ3v) is 3.87. The third-order valence-electron chi connectivity index (χ3n) is 3.87. The van der Waals surface area contributed by atoms with Gasteiger partial charge in [-0.1, -0.05) is 28.6 Å². The normalized spacial score (nSPS) is 16.0. The zero-order valence-electron chi connectivity index (χ0n) is 12.0. The van der Waals surface area contributed by atoms with E-state index in [4.69, 9.17) is 4.52 Å². The van der Waals surface area contributed by atoms with Gasteiger partial charge in [0.25, 0.3) is 5.89 Å². The molecule has 0 spiro atoms. The Hall–Kier alpha value is -2.54. The van der Waals surface area contributed by atoms with Crippen LogP contribution in [0.4, 0.5) is 0 Å². The fourth-order valence-corrected chi connectivity index (χ4v) is 2.65. The summed E-state index contributed by atoms with van der Waals surface area (Å²) >= 11 is 0. The molecule has 0 atom stereocenters. The van der Waals surface area contributed by atoms with Crippen LogP contribution in [0.15, 0.2) is 41.1 Å². The Bertz CT molecular complexity index is 744. The zero-order chi connectivity index (χ0) is 14.8. The van der Waals surface area contributed by atoms with Gasteiger partial charge in [-0.3, -0.25) is 0 Å². The topological polar surface area (TPSA) is 81.7 Å². The van der Waals surface area contributed by atoms with Crippen molar-refractivity contribution in [2.24, 2.45) is 0 Å². The van der Waals surface area contributed by atoms with E-state index in [9.17, 15) is 0 Å². The van der Waals surface area contributed by atoms with E-state index >= 15 is 0 Å². The van der Waals surface area contributed by atoms with Crippen LogP contribution in [0, 0.1) is 0 Å². The molecule has 112 valence electrons. The fourth-order valence-electron chi connectivity index (χ4n) is 2.65. The molecule has 1 saturated heterocycles. The van der Waals surface area contributed by atoms with Crippen molar-refractivity contribution in [2.45, 2.75) is 18.9 Å². The summed E-state index contributed by atoms with van der Waals surface area (Å²) < 4.78 is 7.22. The molecule has 1 aromatic carbocycles. The monoisotopic (exact) mass is 296 g/mol. The molecule has 7 heteroatoms. The molecular weight excluding hydrogens is 280 g/mol. The van der Waals surface area contributed by atoms with Gasteiger partial charge in [-0.15, -0.1) is 5.10 Å². The molecule has 1 fully saturated rings. The minimum atomic E-state index is 0.392. The largest absolute Gasteiger partial charge is 0.334 e. The highest BCUT2D eigenvalue weighted by Gasteiger charge is 2.19. The predicted molar refractivity (Wildman–Crippen MR) is 79.9 cm³/mol. The maximum Gasteiger partial charge on any atom is 0.258 e. The van der Waals surface area contributed by atoms with Gasteiger partial charge in [0.1, 0.15) is 0 Å². The molecule has 7 nitrogen and oxygen atoms in total. The Kier molecular flexibility index (Phi) is 3.40. The van der Waals surface area contributed by atoms with Crippen molar-refractivity contribution in [3.63, 3.8) is 0 Å². The maximum absolute atomic E-state index is 5.31. The lowest BCUT2D eigenvalue weighted by Crippen LogP contribution is -2.29. The van der Waals surface area contributed by atoms with Crippen LogP contribution in [-0.2, 0) is 0 Å². The second kappa shape index (κ2) is 5.69. The van der Waals surface area contributed by atoms with Crippen molar-refractivity contribution in [2.75, 3.05) is 13.1 Å². The van der Waals surface area contributed by atoms with Crippen molar-refractivity contribution in [1.29, 1.82) is 0 Å². The zero-order valence-corrected chi connectivity index (χ0v) is 12.0. The summed E-state index contributed by atoms with van der Waals surface area (Å²) in [6, 6.07) is 10.1. The van der Waals surface area contributed by atoms with Crippen LogP contribution in [0.5, 0.6) is 0 Å². The number of benzene rings is 1. The number of hydrogen-bond acceptors (Lipinski definition) is 6. The highest BCUT2D eigenvalue weighted by Crippen LogP contribution is 2.22. The molecule has 0 radical (unpaired) electrons. The van der Waals surface area contributed by atoms with Crippen molar-refractivity contribution in [1.82, 2.24) is 30.5 Å². The Morgan fingerprint density at radius 2 is 1.95 bits per heavy atom. The molecule has 2 aromatic heterocycles. The minimum absolute atomic E-state index is 0.392. The van der Waals surface area contributed by atoms with Gasteiger partial charge in [0.2, 0.25) is 5.82 Å². The molecule has 0 bridgehead atoms. The van der Waals surface area contributed by atoms with E-state index in [2.05, 4.69) is 25.8 Å². The molecule has 3 aromatic rings. The smallest absolute Gasteiger partial charge is 0.258 e. The summed E-state index contributed by atoms with van der Waals surface area (Å²) in [5.74, 6) is 0.964. The van der Waals surface area contributed by atoms with Crippen LogP contribution in [-0.4, -0.2) is 38.2 Å². The Labute approximate surface area is 127 Å². The van der Waals surface area contributed by atoms with Gasteiger partial charge < -0.3 is 9.84 Å². The van der Waals surface area contributed by atoms with Crippen LogP contribution in [0.25, 0.3) is 23.0 Å². The molecular formula is C15H16N6O. The van der Waals surface area contributed by atoms with Gasteiger partial charge in [0, 0.05) is 5.56 Å². The van der Waals surface area contributed by atoms with Crippen molar-refractivity contribution < 1.29 is 4.52 Å². The van der Waals surface area contributed by atoms with Crippen LogP contribution < -0.4 is 5.32 Å². The van der Waals surface area contributed by atoms with Crippen LogP contribution in [0.2, 0.25) is 0 Å². The highest BCUT2D eigenvalue weighted by atomic mass is 16.5. The molecule has 0 saturated carbocycles. The van der Waals surface area contributed by atoms with E-state index in [-0.39, 0.29) is 0 Å². The molecule has 1 N–H and O–H groups in total. The van der Waals surface area contributed by atoms with E-state index in [1.165, 1.54) is 0 Å². The molecule has 1 aliphatic heterocycles. The third kappa shape index (κ3) is 2.50. The Morgan fingerprint density at radius 1 is 1.14 bits per heavy atom. The lowest BCUT2D eigenvalue weighted by atomic mass is 10.1. The number of hydrogen-bond donors (Lipinski definition) is 1. The van der Waals surface area contributed by atoms with E-state index < -0.39 is 0 Å². The Balaban J connectivity index is 1.58. The standard InChI is InChI=1S/C15H16N6O/c1-2-4-11(5-3-1)15-17-14(19-22-15)13-10-21(20-18-13)12-6-8-16-9-7-12/h1-5,10,12,16H,6-9H2. The van der Waals surface area contributed by atoms with Gasteiger partial charge in [-0.25, -0.2) is 4.68 Å². The first-order chi connectivity index (χ1) is 10.9. The quantitative estimate of drug-likeness (QED) is 0.795. The van der Waals surface area contributed by atoms with E-state index in [1.54, 1.807) is 0 Å². The van der Waals surface area contributed by atoms with Gasteiger partial charge in [0.15, 0.2) is 5.69 Å². The molecule has 0 aliphatic carbocycles. The summed E-state index contributed by atoms with van der Waals surface area (Å²) in [5, 5.41) is 15.7. The SMILES string of the molecule is c1ccc(-c2nc(-c3cn(C4CCNCC4)nn3)no2)cc1. The minimum Gasteiger partial charge on any atom is -0.334 e. The first kappa shape index (κ1) is 13.1. The van der Waals surface area contributed by atoms with Crippen molar-refractivity contribution >= 4 is 0 Å². The average Bonchev–Trinajstić information content (AvgIpc) is 3.26. The lowest BCUT2D eigenvalue weighted by molar-refractivity contribution is 0.337. The van der Waals surface area contributed by atoms with Crippen LogP contribution >= 0.6 is 0 Å². The van der Waals surface area contributed by atoms with E-state index in [1.807, 2.05) is 41.2 Å². The number of rotatable bonds is 3. The summed E-state index contributed by atoms with van der Waals surface area (Å²) in [6.45, 7) is 2.03. The predicted octanol–water partition coefficient (Wildman–Crippen LogP) is 1.92. The number of nitrogens with one attached hydrogen (secondary N) is 1. The first-order valence-corrected chi connectivity index (χ1v) is 7.42. The average molecular weight is 296 g/mol. The van der Waals surface area contributed by atoms with E-state index in [0.29, 0.717) is 23.5 Å². The molecule has 1 aliphatic rings. The second-order valence-electron chi connectivity index (χ2n) is 5.35. The molecule has 22 heavy (non-hydrogen) atoms. The fraction of sp³-hybridized carbons (Fsp3) is 0.333. The number of piperidine rings is 1. The summed E-state index contributed by atoms with van der Waals surface area (Å²) in [7, 11) is 0. The molecule has 0 amide bonds. The molecule has 0 unspecified atom stereocenters. The maximum atomic E-state index is 5.31. The lowest BCUT2D eigenvalue weighted by Gasteiger charge is -2.21. The van der Waals surface area contributed by atoms with Gasteiger partial charge in [0.05, 0.1) is 12.2 Å². The Morgan fingerprint density at radius 3 is 2.77 bits per heavy atom.